The van der Waals surface area contributed by atoms with Gasteiger partial charge < -0.3 is 4.90 Å². The van der Waals surface area contributed by atoms with Crippen LogP contribution < -0.4 is 4.90 Å². The Kier molecular flexibility index (Phi) is 5.57. The highest BCUT2D eigenvalue weighted by atomic mass is 79.9. The minimum Gasteiger partial charge on any atom is -0.316 e. The number of amidine groups is 1. The van der Waals surface area contributed by atoms with Crippen LogP contribution in [0, 0.1) is 0 Å². The van der Waals surface area contributed by atoms with Gasteiger partial charge in [0.25, 0.3) is 5.91 Å². The first-order chi connectivity index (χ1) is 13.3. The molecule has 0 N–H and O–H groups in total. The van der Waals surface area contributed by atoms with Crippen LogP contribution in [0.15, 0.2) is 58.0 Å². The predicted octanol–water partition coefficient (Wildman–Crippen LogP) is 3.95. The minimum absolute atomic E-state index is 0.0745. The molecule has 1 amide bonds. The number of fused-ring (bicyclic) bond motifs is 1. The van der Waals surface area contributed by atoms with E-state index in [1.165, 1.54) is 11.8 Å². The van der Waals surface area contributed by atoms with Crippen molar-refractivity contribution >= 4 is 65.9 Å². The van der Waals surface area contributed by atoms with Crippen LogP contribution in [0.25, 0.3) is 0 Å². The number of hydrogen-bond donors (Lipinski definition) is 0. The summed E-state index contributed by atoms with van der Waals surface area (Å²) in [7, 11) is -3.08. The molecular weight excluding hydrogens is 484 g/mol. The molecule has 9 heteroatoms. The van der Waals surface area contributed by atoms with Crippen molar-refractivity contribution in [1.82, 2.24) is 0 Å². The van der Waals surface area contributed by atoms with Crippen molar-refractivity contribution in [3.63, 3.8) is 0 Å². The van der Waals surface area contributed by atoms with Crippen molar-refractivity contribution in [3.8, 4) is 0 Å². The normalized spacial score (nSPS) is 24.5. The van der Waals surface area contributed by atoms with Crippen LogP contribution in [0.3, 0.4) is 0 Å². The molecule has 4 rings (SSSR count). The topological polar surface area (TPSA) is 66.8 Å². The Labute approximate surface area is 181 Å². The molecular formula is C19H16BrClN2O3S2. The smallest absolute Gasteiger partial charge is 0.252 e. The molecule has 0 bridgehead atoms. The third-order valence-electron chi connectivity index (χ3n) is 4.66. The zero-order chi connectivity index (χ0) is 19.9. The van der Waals surface area contributed by atoms with E-state index in [1.54, 1.807) is 24.3 Å². The molecule has 0 saturated carbocycles. The molecule has 2 aromatic carbocycles. The quantitative estimate of drug-likeness (QED) is 0.640. The van der Waals surface area contributed by atoms with Gasteiger partial charge in [-0.1, -0.05) is 51.4 Å². The summed E-state index contributed by atoms with van der Waals surface area (Å²) >= 11 is 10.7. The first-order valence-electron chi connectivity index (χ1n) is 8.58. The first kappa shape index (κ1) is 19.9. The number of anilines is 1. The third-order valence-corrected chi connectivity index (χ3v) is 8.65. The number of aliphatic imine (C=N–C) groups is 1. The summed E-state index contributed by atoms with van der Waals surface area (Å²) in [6, 6.07) is 14.5. The largest absolute Gasteiger partial charge is 0.316 e. The molecule has 2 saturated heterocycles. The molecule has 2 fully saturated rings. The lowest BCUT2D eigenvalue weighted by Crippen LogP contribution is -2.37. The van der Waals surface area contributed by atoms with Gasteiger partial charge in [0.1, 0.15) is 0 Å². The zero-order valence-corrected chi connectivity index (χ0v) is 18.6. The highest BCUT2D eigenvalue weighted by Crippen LogP contribution is 2.41. The average Bonchev–Trinajstić information content (AvgIpc) is 3.09. The Balaban J connectivity index is 1.62. The van der Waals surface area contributed by atoms with Crippen molar-refractivity contribution in [3.05, 3.63) is 63.6 Å². The van der Waals surface area contributed by atoms with E-state index in [0.29, 0.717) is 10.2 Å². The Morgan fingerprint density at radius 2 is 1.82 bits per heavy atom. The van der Waals surface area contributed by atoms with Gasteiger partial charge in [-0.05, 0) is 42.0 Å². The van der Waals surface area contributed by atoms with Crippen molar-refractivity contribution in [2.24, 2.45) is 4.99 Å². The van der Waals surface area contributed by atoms with Gasteiger partial charge in [0.2, 0.25) is 0 Å². The lowest BCUT2D eigenvalue weighted by Gasteiger charge is -2.24. The standard InChI is InChI=1S/C19H16BrClN2O3S2/c20-13-3-7-15(8-4-13)23-16-10-28(25,26)11-17(16)27-19(23)22-18(24)9-12-1-5-14(21)6-2-12/h1-8,16-17H,9-11H2. The number of benzene rings is 2. The summed E-state index contributed by atoms with van der Waals surface area (Å²) in [4.78, 5) is 18.8. The SMILES string of the molecule is O=C(Cc1ccc(Cl)cc1)N=C1SC2CS(=O)(=O)CC2N1c1ccc(Br)cc1. The summed E-state index contributed by atoms with van der Waals surface area (Å²) in [6.45, 7) is 0. The average molecular weight is 500 g/mol. The highest BCUT2D eigenvalue weighted by molar-refractivity contribution is 9.10. The van der Waals surface area contributed by atoms with Crippen LogP contribution >= 0.6 is 39.3 Å². The number of rotatable bonds is 3. The van der Waals surface area contributed by atoms with Gasteiger partial charge in [0.05, 0.1) is 24.0 Å². The number of carbonyl (C=O) groups excluding carboxylic acids is 1. The monoisotopic (exact) mass is 498 g/mol. The van der Waals surface area contributed by atoms with Crippen LogP contribution in [0.1, 0.15) is 5.56 Å². The van der Waals surface area contributed by atoms with E-state index in [1.807, 2.05) is 29.2 Å². The Hall–Kier alpha value is -1.35. The number of nitrogens with zero attached hydrogens (tertiary/aromatic N) is 2. The second-order valence-corrected chi connectivity index (χ2v) is 11.5. The van der Waals surface area contributed by atoms with E-state index >= 15 is 0 Å². The molecule has 0 aliphatic carbocycles. The van der Waals surface area contributed by atoms with E-state index in [-0.39, 0.29) is 35.1 Å². The van der Waals surface area contributed by atoms with Gasteiger partial charge in [0, 0.05) is 20.4 Å². The van der Waals surface area contributed by atoms with Gasteiger partial charge in [-0.15, -0.1) is 0 Å². The number of halogens is 2. The van der Waals surface area contributed by atoms with E-state index in [2.05, 4.69) is 20.9 Å². The van der Waals surface area contributed by atoms with Gasteiger partial charge in [0.15, 0.2) is 15.0 Å². The fraction of sp³-hybridized carbons (Fsp3) is 0.263. The lowest BCUT2D eigenvalue weighted by molar-refractivity contribution is -0.117. The lowest BCUT2D eigenvalue weighted by atomic mass is 10.1. The maximum Gasteiger partial charge on any atom is 0.252 e. The van der Waals surface area contributed by atoms with Crippen molar-refractivity contribution in [2.45, 2.75) is 17.7 Å². The summed E-state index contributed by atoms with van der Waals surface area (Å²) in [5.41, 5.74) is 1.66. The number of carbonyl (C=O) groups is 1. The maximum atomic E-state index is 12.5. The number of sulfone groups is 1. The molecule has 2 unspecified atom stereocenters. The third kappa shape index (κ3) is 4.30. The van der Waals surface area contributed by atoms with Crippen LogP contribution in [0.5, 0.6) is 0 Å². The van der Waals surface area contributed by atoms with Crippen molar-refractivity contribution in [2.75, 3.05) is 16.4 Å². The van der Waals surface area contributed by atoms with Gasteiger partial charge in [-0.25, -0.2) is 8.42 Å². The second-order valence-electron chi connectivity index (χ2n) is 6.74. The Morgan fingerprint density at radius 1 is 1.14 bits per heavy atom. The molecule has 0 radical (unpaired) electrons. The summed E-state index contributed by atoms with van der Waals surface area (Å²) < 4.78 is 25.1. The van der Waals surface area contributed by atoms with Crippen LogP contribution in [0.2, 0.25) is 5.02 Å². The zero-order valence-electron chi connectivity index (χ0n) is 14.6. The predicted molar refractivity (Wildman–Crippen MR) is 118 cm³/mol. The second kappa shape index (κ2) is 7.82. The molecule has 5 nitrogen and oxygen atoms in total. The van der Waals surface area contributed by atoms with Crippen LogP contribution in [-0.2, 0) is 21.1 Å². The van der Waals surface area contributed by atoms with E-state index in [4.69, 9.17) is 11.6 Å². The van der Waals surface area contributed by atoms with Gasteiger partial charge in [-0.2, -0.15) is 4.99 Å². The van der Waals surface area contributed by atoms with E-state index < -0.39 is 9.84 Å². The number of hydrogen-bond acceptors (Lipinski definition) is 4. The fourth-order valence-electron chi connectivity index (χ4n) is 3.39. The molecule has 0 spiro atoms. The van der Waals surface area contributed by atoms with Gasteiger partial charge in [-0.3, -0.25) is 4.79 Å². The molecule has 2 heterocycles. The van der Waals surface area contributed by atoms with Crippen molar-refractivity contribution in [1.29, 1.82) is 0 Å². The molecule has 28 heavy (non-hydrogen) atoms. The first-order valence-corrected chi connectivity index (χ1v) is 12.5. The minimum atomic E-state index is -3.08. The van der Waals surface area contributed by atoms with E-state index in [9.17, 15) is 13.2 Å². The van der Waals surface area contributed by atoms with E-state index in [0.717, 1.165) is 15.7 Å². The number of amides is 1. The molecule has 2 aliphatic heterocycles. The van der Waals surface area contributed by atoms with Gasteiger partial charge >= 0.3 is 0 Å². The molecule has 0 aromatic heterocycles. The maximum absolute atomic E-state index is 12.5. The molecule has 2 atom stereocenters. The Morgan fingerprint density at radius 3 is 2.50 bits per heavy atom. The number of thioether (sulfide) groups is 1. The van der Waals surface area contributed by atoms with Crippen molar-refractivity contribution < 1.29 is 13.2 Å². The summed E-state index contributed by atoms with van der Waals surface area (Å²) in [5.74, 6) is -0.0833. The molecule has 146 valence electrons. The van der Waals surface area contributed by atoms with Crippen LogP contribution in [-0.4, -0.2) is 42.3 Å². The Bertz CT molecular complexity index is 1040. The summed E-state index contributed by atoms with van der Waals surface area (Å²) in [6.07, 6.45) is 0.170. The highest BCUT2D eigenvalue weighted by Gasteiger charge is 2.49. The fourth-order valence-corrected chi connectivity index (χ4v) is 7.71. The van der Waals surface area contributed by atoms with Crippen LogP contribution in [0.4, 0.5) is 5.69 Å². The molecule has 2 aliphatic rings. The molecule has 2 aromatic rings. The summed E-state index contributed by atoms with van der Waals surface area (Å²) in [5, 5.41) is 1.06.